The Bertz CT molecular complexity index is 1510. The van der Waals surface area contributed by atoms with Crippen LogP contribution in [0, 0.1) is 17.6 Å². The van der Waals surface area contributed by atoms with Crippen molar-refractivity contribution in [2.75, 3.05) is 49.6 Å². The lowest BCUT2D eigenvalue weighted by molar-refractivity contribution is -0.150. The van der Waals surface area contributed by atoms with Crippen molar-refractivity contribution in [3.05, 3.63) is 65.5 Å². The quantitative estimate of drug-likeness (QED) is 0.382. The summed E-state index contributed by atoms with van der Waals surface area (Å²) in [6.45, 7) is 2.63. The van der Waals surface area contributed by atoms with Crippen molar-refractivity contribution in [3.8, 4) is 0 Å². The number of amides is 1. The Morgan fingerprint density at radius 1 is 1.13 bits per heavy atom. The van der Waals surface area contributed by atoms with Gasteiger partial charge in [0, 0.05) is 62.1 Å². The van der Waals surface area contributed by atoms with Crippen molar-refractivity contribution >= 4 is 34.1 Å². The molecule has 4 heterocycles. The SMILES string of the molecule is O=C(C1COC1)N1CCN(c2cc3c(NCc4cccc(C(F)F)c4F)nc4nccn4c3cc2F)CC1. The standard InChI is InChI=1S/C26H24F4N6O2/c27-19-11-20-18(10-21(19)34-6-8-35(9-7-34)25(37)16-13-38-14-16)24(33-26-31-4-5-36(20)26)32-12-15-2-1-3-17(22(15)28)23(29)30/h1-5,10-11,16,23H,6-9,12-14H2,(H,31,32,33). The second-order valence-electron chi connectivity index (χ2n) is 9.40. The number of hydrogen-bond acceptors (Lipinski definition) is 6. The minimum Gasteiger partial charge on any atom is -0.380 e. The van der Waals surface area contributed by atoms with E-state index >= 15 is 4.39 Å². The van der Waals surface area contributed by atoms with Gasteiger partial charge in [-0.1, -0.05) is 18.2 Å². The Morgan fingerprint density at radius 3 is 2.63 bits per heavy atom. The summed E-state index contributed by atoms with van der Waals surface area (Å²) in [6, 6.07) is 6.92. The van der Waals surface area contributed by atoms with Crippen molar-refractivity contribution in [1.82, 2.24) is 19.3 Å². The summed E-state index contributed by atoms with van der Waals surface area (Å²) in [5.74, 6) is -0.818. The highest BCUT2D eigenvalue weighted by Crippen LogP contribution is 2.32. The monoisotopic (exact) mass is 528 g/mol. The number of nitrogens with one attached hydrogen (secondary N) is 1. The van der Waals surface area contributed by atoms with Gasteiger partial charge in [-0.15, -0.1) is 0 Å². The number of alkyl halides is 2. The third-order valence-corrected chi connectivity index (χ3v) is 7.12. The molecule has 0 atom stereocenters. The first kappa shape index (κ1) is 24.4. The molecule has 1 N–H and O–H groups in total. The first-order valence-corrected chi connectivity index (χ1v) is 12.3. The van der Waals surface area contributed by atoms with Crippen LogP contribution in [0.3, 0.4) is 0 Å². The minimum absolute atomic E-state index is 0.0564. The molecule has 12 heteroatoms. The van der Waals surface area contributed by atoms with Crippen molar-refractivity contribution in [2.45, 2.75) is 13.0 Å². The van der Waals surface area contributed by atoms with Gasteiger partial charge in [0.05, 0.1) is 35.9 Å². The number of aromatic nitrogens is 3. The smallest absolute Gasteiger partial charge is 0.266 e. The summed E-state index contributed by atoms with van der Waals surface area (Å²) in [7, 11) is 0. The molecule has 0 radical (unpaired) electrons. The lowest BCUT2D eigenvalue weighted by atomic mass is 10.1. The van der Waals surface area contributed by atoms with Gasteiger partial charge >= 0.3 is 0 Å². The molecule has 2 aromatic heterocycles. The predicted octanol–water partition coefficient (Wildman–Crippen LogP) is 4.01. The number of carbonyl (C=O) groups excluding carboxylic acids is 1. The van der Waals surface area contributed by atoms with Crippen LogP contribution < -0.4 is 10.2 Å². The van der Waals surface area contributed by atoms with E-state index in [1.165, 1.54) is 24.4 Å². The molecule has 2 fully saturated rings. The highest BCUT2D eigenvalue weighted by Gasteiger charge is 2.32. The zero-order valence-corrected chi connectivity index (χ0v) is 20.2. The average molecular weight is 529 g/mol. The van der Waals surface area contributed by atoms with Crippen LogP contribution in [0.2, 0.25) is 0 Å². The molecule has 6 rings (SSSR count). The molecule has 38 heavy (non-hydrogen) atoms. The number of imidazole rings is 1. The number of halogens is 4. The maximum atomic E-state index is 15.4. The summed E-state index contributed by atoms with van der Waals surface area (Å²) in [5.41, 5.74) is 0.238. The first-order chi connectivity index (χ1) is 18.4. The molecular formula is C26H24F4N6O2. The van der Waals surface area contributed by atoms with E-state index in [1.807, 2.05) is 4.90 Å². The van der Waals surface area contributed by atoms with E-state index in [9.17, 15) is 18.0 Å². The maximum absolute atomic E-state index is 15.4. The minimum atomic E-state index is -2.93. The number of hydrogen-bond donors (Lipinski definition) is 1. The Labute approximate surface area is 214 Å². The Balaban J connectivity index is 1.30. The third kappa shape index (κ3) is 4.28. The largest absolute Gasteiger partial charge is 0.380 e. The van der Waals surface area contributed by atoms with E-state index in [-0.39, 0.29) is 23.9 Å². The van der Waals surface area contributed by atoms with Crippen LogP contribution in [0.4, 0.5) is 29.1 Å². The van der Waals surface area contributed by atoms with Crippen molar-refractivity contribution < 1.29 is 27.1 Å². The Morgan fingerprint density at radius 2 is 1.92 bits per heavy atom. The fourth-order valence-electron chi connectivity index (χ4n) is 4.93. The van der Waals surface area contributed by atoms with Crippen molar-refractivity contribution in [1.29, 1.82) is 0 Å². The van der Waals surface area contributed by atoms with Gasteiger partial charge in [0.25, 0.3) is 6.43 Å². The lowest BCUT2D eigenvalue weighted by Gasteiger charge is -2.39. The molecule has 198 valence electrons. The van der Waals surface area contributed by atoms with Gasteiger partial charge in [-0.05, 0) is 6.07 Å². The van der Waals surface area contributed by atoms with E-state index in [0.29, 0.717) is 67.6 Å². The van der Waals surface area contributed by atoms with Gasteiger partial charge in [0.15, 0.2) is 0 Å². The van der Waals surface area contributed by atoms with E-state index in [0.717, 1.165) is 6.07 Å². The molecule has 0 saturated carbocycles. The average Bonchev–Trinajstić information content (AvgIpc) is 3.35. The van der Waals surface area contributed by atoms with Crippen LogP contribution in [-0.2, 0) is 16.1 Å². The van der Waals surface area contributed by atoms with Crippen LogP contribution in [-0.4, -0.2) is 64.6 Å². The number of benzene rings is 2. The van der Waals surface area contributed by atoms with Crippen molar-refractivity contribution in [2.24, 2.45) is 5.92 Å². The fraction of sp³-hybridized carbons (Fsp3) is 0.346. The van der Waals surface area contributed by atoms with Gasteiger partial charge in [-0.2, -0.15) is 4.98 Å². The molecule has 2 saturated heterocycles. The highest BCUT2D eigenvalue weighted by atomic mass is 19.3. The van der Waals surface area contributed by atoms with E-state index in [4.69, 9.17) is 4.74 Å². The van der Waals surface area contributed by atoms with E-state index < -0.39 is 23.6 Å². The van der Waals surface area contributed by atoms with Crippen LogP contribution >= 0.6 is 0 Å². The lowest BCUT2D eigenvalue weighted by Crippen LogP contribution is -2.53. The summed E-state index contributed by atoms with van der Waals surface area (Å²) in [5, 5.41) is 3.59. The molecule has 2 aliphatic heterocycles. The van der Waals surface area contributed by atoms with Crippen LogP contribution in [0.15, 0.2) is 42.7 Å². The number of anilines is 2. The zero-order valence-electron chi connectivity index (χ0n) is 20.2. The van der Waals surface area contributed by atoms with Crippen molar-refractivity contribution in [3.63, 3.8) is 0 Å². The summed E-state index contributed by atoms with van der Waals surface area (Å²) in [4.78, 5) is 24.9. The molecule has 0 aliphatic carbocycles. The molecule has 0 unspecified atom stereocenters. The van der Waals surface area contributed by atoms with Crippen LogP contribution in [0.5, 0.6) is 0 Å². The first-order valence-electron chi connectivity index (χ1n) is 12.3. The van der Waals surface area contributed by atoms with E-state index in [2.05, 4.69) is 15.3 Å². The fourth-order valence-corrected chi connectivity index (χ4v) is 4.93. The zero-order chi connectivity index (χ0) is 26.4. The predicted molar refractivity (Wildman–Crippen MR) is 132 cm³/mol. The summed E-state index contributed by atoms with van der Waals surface area (Å²) in [6.07, 6.45) is 0.263. The molecule has 1 amide bonds. The Kier molecular flexibility index (Phi) is 6.26. The summed E-state index contributed by atoms with van der Waals surface area (Å²) < 4.78 is 63.1. The summed E-state index contributed by atoms with van der Waals surface area (Å²) >= 11 is 0. The molecule has 0 spiro atoms. The van der Waals surface area contributed by atoms with Gasteiger partial charge in [-0.3, -0.25) is 9.20 Å². The van der Waals surface area contributed by atoms with Crippen LogP contribution in [0.1, 0.15) is 17.6 Å². The van der Waals surface area contributed by atoms with E-state index in [1.54, 1.807) is 21.6 Å². The van der Waals surface area contributed by atoms with Gasteiger partial charge in [0.2, 0.25) is 11.7 Å². The Hall–Kier alpha value is -3.93. The molecule has 2 aromatic carbocycles. The number of carbonyl (C=O) groups is 1. The van der Waals surface area contributed by atoms with Gasteiger partial charge < -0.3 is 19.9 Å². The molecule has 2 aliphatic rings. The molecular weight excluding hydrogens is 504 g/mol. The van der Waals surface area contributed by atoms with Crippen LogP contribution in [0.25, 0.3) is 16.7 Å². The third-order valence-electron chi connectivity index (χ3n) is 7.12. The number of ether oxygens (including phenoxy) is 1. The normalized spacial score (nSPS) is 16.4. The molecule has 8 nitrogen and oxygen atoms in total. The highest BCUT2D eigenvalue weighted by molar-refractivity contribution is 5.94. The number of fused-ring (bicyclic) bond motifs is 3. The second-order valence-corrected chi connectivity index (χ2v) is 9.40. The van der Waals surface area contributed by atoms with Gasteiger partial charge in [-0.25, -0.2) is 22.5 Å². The van der Waals surface area contributed by atoms with Gasteiger partial charge in [0.1, 0.15) is 17.5 Å². The topological polar surface area (TPSA) is 75.0 Å². The maximum Gasteiger partial charge on any atom is 0.266 e. The molecule has 4 aromatic rings. The second kappa shape index (κ2) is 9.75. The number of rotatable bonds is 6. The molecule has 0 bridgehead atoms. The number of piperazine rings is 1. The number of nitrogens with zero attached hydrogens (tertiary/aromatic N) is 5.